The van der Waals surface area contributed by atoms with Gasteiger partial charge in [-0.25, -0.2) is 4.79 Å². The number of hydrogen-bond donors (Lipinski definition) is 0. The van der Waals surface area contributed by atoms with Gasteiger partial charge in [0.2, 0.25) is 0 Å². The van der Waals surface area contributed by atoms with Gasteiger partial charge >= 0.3 is 5.97 Å². The maximum absolute atomic E-state index is 10.8. The van der Waals surface area contributed by atoms with Crippen molar-refractivity contribution in [2.24, 2.45) is 0 Å². The summed E-state index contributed by atoms with van der Waals surface area (Å²) >= 11 is 0. The molecule has 1 aliphatic heterocycles. The Bertz CT molecular complexity index is 269. The van der Waals surface area contributed by atoms with Gasteiger partial charge in [0, 0.05) is 6.08 Å². The van der Waals surface area contributed by atoms with Crippen LogP contribution >= 0.6 is 0 Å². The van der Waals surface area contributed by atoms with Gasteiger partial charge in [0.1, 0.15) is 5.76 Å². The smallest absolute Gasteiger partial charge is 0.336 e. The number of ether oxygens (including phenoxy) is 1. The predicted octanol–water partition coefficient (Wildman–Crippen LogP) is 2.25. The summed E-state index contributed by atoms with van der Waals surface area (Å²) in [5.74, 6) is 0.524. The van der Waals surface area contributed by atoms with E-state index in [4.69, 9.17) is 4.74 Å². The predicted molar refractivity (Wildman–Crippen MR) is 51.3 cm³/mol. The van der Waals surface area contributed by atoms with Gasteiger partial charge in [0.15, 0.2) is 0 Å². The topological polar surface area (TPSA) is 26.3 Å². The van der Waals surface area contributed by atoms with Gasteiger partial charge in [-0.05, 0) is 12.5 Å². The Hall–Kier alpha value is -0.833. The lowest BCUT2D eigenvalue weighted by molar-refractivity contribution is -0.132. The number of carbonyl (C=O) groups excluding carboxylic acids is 1. The van der Waals surface area contributed by atoms with Crippen LogP contribution in [0, 0.1) is 0 Å². The van der Waals surface area contributed by atoms with E-state index < -0.39 is 8.07 Å². The van der Waals surface area contributed by atoms with Crippen molar-refractivity contribution in [2.75, 3.05) is 0 Å². The minimum atomic E-state index is -1.27. The quantitative estimate of drug-likeness (QED) is 0.459. The molecule has 0 N–H and O–H groups in total. The van der Waals surface area contributed by atoms with Gasteiger partial charge in [0.25, 0.3) is 0 Å². The molecule has 2 nitrogen and oxygen atoms in total. The first-order chi connectivity index (χ1) is 5.38. The van der Waals surface area contributed by atoms with Crippen molar-refractivity contribution in [3.8, 4) is 0 Å². The molecule has 0 saturated heterocycles. The second-order valence-corrected chi connectivity index (χ2v) is 9.14. The van der Waals surface area contributed by atoms with Crippen LogP contribution in [0.1, 0.15) is 6.92 Å². The summed E-state index contributed by atoms with van der Waals surface area (Å²) < 4.78 is 5.01. The largest absolute Gasteiger partial charge is 0.424 e. The Morgan fingerprint density at radius 3 is 2.33 bits per heavy atom. The molecule has 0 aromatic heterocycles. The molecular weight excluding hydrogens is 168 g/mol. The SMILES string of the molecule is CC1=CC(=O)O/C1=C\[Si](C)(C)C. The van der Waals surface area contributed by atoms with Crippen LogP contribution in [0.5, 0.6) is 0 Å². The fourth-order valence-corrected chi connectivity index (χ4v) is 2.08. The molecule has 0 radical (unpaired) electrons. The number of cyclic esters (lactones) is 1. The Morgan fingerprint density at radius 2 is 2.00 bits per heavy atom. The highest BCUT2D eigenvalue weighted by Gasteiger charge is 2.19. The highest BCUT2D eigenvalue weighted by atomic mass is 28.3. The van der Waals surface area contributed by atoms with Gasteiger partial charge < -0.3 is 4.74 Å². The van der Waals surface area contributed by atoms with Gasteiger partial charge in [0.05, 0.1) is 8.07 Å². The molecule has 1 heterocycles. The zero-order valence-corrected chi connectivity index (χ0v) is 8.97. The third-order valence-electron chi connectivity index (χ3n) is 1.50. The first-order valence-electron chi connectivity index (χ1n) is 4.02. The second-order valence-electron chi connectivity index (χ2n) is 4.12. The molecule has 0 atom stereocenters. The molecule has 66 valence electrons. The van der Waals surface area contributed by atoms with E-state index >= 15 is 0 Å². The Labute approximate surface area is 73.9 Å². The van der Waals surface area contributed by atoms with Crippen LogP contribution < -0.4 is 0 Å². The Morgan fingerprint density at radius 1 is 1.42 bits per heavy atom. The lowest BCUT2D eigenvalue weighted by atomic mass is 10.3. The first-order valence-corrected chi connectivity index (χ1v) is 7.59. The van der Waals surface area contributed by atoms with Crippen LogP contribution in [0.25, 0.3) is 0 Å². The van der Waals surface area contributed by atoms with Gasteiger partial charge in [-0.2, -0.15) is 0 Å². The van der Waals surface area contributed by atoms with E-state index in [1.807, 2.05) is 6.92 Å². The van der Waals surface area contributed by atoms with Crippen LogP contribution in [0.15, 0.2) is 23.1 Å². The van der Waals surface area contributed by atoms with Crippen LogP contribution in [0.4, 0.5) is 0 Å². The van der Waals surface area contributed by atoms with Crippen molar-refractivity contribution in [3.05, 3.63) is 23.1 Å². The van der Waals surface area contributed by atoms with E-state index in [0.717, 1.165) is 11.3 Å². The summed E-state index contributed by atoms with van der Waals surface area (Å²) in [5.41, 5.74) is 3.05. The highest BCUT2D eigenvalue weighted by Crippen LogP contribution is 2.21. The number of rotatable bonds is 1. The zero-order valence-electron chi connectivity index (χ0n) is 7.97. The molecule has 0 aliphatic carbocycles. The summed E-state index contributed by atoms with van der Waals surface area (Å²) in [4.78, 5) is 10.8. The number of carbonyl (C=O) groups is 1. The van der Waals surface area contributed by atoms with Crippen molar-refractivity contribution in [1.82, 2.24) is 0 Å². The molecule has 0 saturated carbocycles. The molecule has 0 spiro atoms. The average molecular weight is 182 g/mol. The number of allylic oxidation sites excluding steroid dienone is 1. The van der Waals surface area contributed by atoms with Crippen molar-refractivity contribution in [1.29, 1.82) is 0 Å². The third-order valence-corrected chi connectivity index (χ3v) is 2.63. The molecule has 1 rings (SSSR count). The molecule has 1 aliphatic rings. The van der Waals surface area contributed by atoms with Crippen LogP contribution in [0.2, 0.25) is 19.6 Å². The average Bonchev–Trinajstić information content (AvgIpc) is 2.06. The Kier molecular flexibility index (Phi) is 2.24. The first kappa shape index (κ1) is 9.26. The lowest BCUT2D eigenvalue weighted by Crippen LogP contribution is -2.17. The zero-order chi connectivity index (χ0) is 9.35. The van der Waals surface area contributed by atoms with Gasteiger partial charge in [-0.15, -0.1) is 0 Å². The Balaban J connectivity index is 2.87. The van der Waals surface area contributed by atoms with E-state index in [2.05, 4.69) is 25.3 Å². The summed E-state index contributed by atoms with van der Waals surface area (Å²) in [6, 6.07) is 0. The lowest BCUT2D eigenvalue weighted by Gasteiger charge is -2.10. The minimum absolute atomic E-state index is 0.239. The summed E-state index contributed by atoms with van der Waals surface area (Å²) in [5, 5.41) is 0. The van der Waals surface area contributed by atoms with E-state index in [1.165, 1.54) is 6.08 Å². The third kappa shape index (κ3) is 2.34. The molecule has 0 aromatic rings. The molecule has 3 heteroatoms. The molecule has 0 unspecified atom stereocenters. The van der Waals surface area contributed by atoms with E-state index in [0.29, 0.717) is 0 Å². The maximum Gasteiger partial charge on any atom is 0.336 e. The maximum atomic E-state index is 10.8. The molecule has 0 fully saturated rings. The summed E-state index contributed by atoms with van der Waals surface area (Å²) in [6.45, 7) is 8.52. The van der Waals surface area contributed by atoms with Crippen molar-refractivity contribution >= 4 is 14.0 Å². The fraction of sp³-hybridized carbons (Fsp3) is 0.444. The van der Waals surface area contributed by atoms with Crippen molar-refractivity contribution in [3.63, 3.8) is 0 Å². The standard InChI is InChI=1S/C9H14O2Si/c1-7-5-9(10)11-8(7)6-12(2,3)4/h5-6H,1-4H3/b8-6-. The monoisotopic (exact) mass is 182 g/mol. The molecular formula is C9H14O2Si. The van der Waals surface area contributed by atoms with E-state index in [1.54, 1.807) is 0 Å². The van der Waals surface area contributed by atoms with Crippen molar-refractivity contribution < 1.29 is 9.53 Å². The highest BCUT2D eigenvalue weighted by molar-refractivity contribution is 6.81. The van der Waals surface area contributed by atoms with E-state index in [9.17, 15) is 4.79 Å². The molecule has 0 amide bonds. The molecule has 0 bridgehead atoms. The number of esters is 1. The second kappa shape index (κ2) is 2.90. The van der Waals surface area contributed by atoms with E-state index in [-0.39, 0.29) is 5.97 Å². The number of hydrogen-bond acceptors (Lipinski definition) is 2. The van der Waals surface area contributed by atoms with Crippen LogP contribution in [-0.4, -0.2) is 14.0 Å². The van der Waals surface area contributed by atoms with Crippen LogP contribution in [0.3, 0.4) is 0 Å². The normalized spacial score (nSPS) is 21.2. The summed E-state index contributed by atoms with van der Waals surface area (Å²) in [6.07, 6.45) is 1.53. The molecule has 12 heavy (non-hydrogen) atoms. The van der Waals surface area contributed by atoms with Crippen molar-refractivity contribution in [2.45, 2.75) is 26.6 Å². The van der Waals surface area contributed by atoms with Gasteiger partial charge in [-0.3, -0.25) is 0 Å². The summed E-state index contributed by atoms with van der Waals surface area (Å²) in [7, 11) is -1.27. The minimum Gasteiger partial charge on any atom is -0.424 e. The molecule has 0 aromatic carbocycles. The van der Waals surface area contributed by atoms with Crippen LogP contribution in [-0.2, 0) is 9.53 Å². The fourth-order valence-electron chi connectivity index (χ4n) is 1.00. The van der Waals surface area contributed by atoms with Gasteiger partial charge in [-0.1, -0.05) is 25.3 Å².